The van der Waals surface area contributed by atoms with Crippen molar-refractivity contribution >= 4 is 21.4 Å². The minimum Gasteiger partial charge on any atom is -0.383 e. The maximum atomic E-state index is 13.2. The van der Waals surface area contributed by atoms with E-state index in [1.54, 1.807) is 24.3 Å². The van der Waals surface area contributed by atoms with E-state index in [9.17, 15) is 18.9 Å². The Morgan fingerprint density at radius 3 is 2.33 bits per heavy atom. The highest BCUT2D eigenvalue weighted by molar-refractivity contribution is 7.89. The molecule has 0 radical (unpaired) electrons. The van der Waals surface area contributed by atoms with Gasteiger partial charge in [0.2, 0.25) is 10.0 Å². The predicted molar refractivity (Wildman–Crippen MR) is 154 cm³/mol. The van der Waals surface area contributed by atoms with Crippen molar-refractivity contribution in [3.8, 4) is 12.1 Å². The summed E-state index contributed by atoms with van der Waals surface area (Å²) in [6.07, 6.45) is 0.958. The molecule has 2 N–H and O–H groups in total. The molecule has 0 aromatic heterocycles. The highest BCUT2D eigenvalue weighted by Crippen LogP contribution is 2.24. The molecule has 1 fully saturated rings. The van der Waals surface area contributed by atoms with Crippen LogP contribution < -0.4 is 14.9 Å². The van der Waals surface area contributed by atoms with Crippen molar-refractivity contribution in [2.45, 2.75) is 31.7 Å². The van der Waals surface area contributed by atoms with E-state index < -0.39 is 10.0 Å². The van der Waals surface area contributed by atoms with Crippen LogP contribution in [0.15, 0.2) is 65.6 Å². The summed E-state index contributed by atoms with van der Waals surface area (Å²) in [4.78, 5) is 4.91. The van der Waals surface area contributed by atoms with Gasteiger partial charge in [0.1, 0.15) is 12.1 Å². The molecule has 8 nitrogen and oxygen atoms in total. The van der Waals surface area contributed by atoms with Gasteiger partial charge >= 0.3 is 0 Å². The van der Waals surface area contributed by atoms with Crippen LogP contribution in [0.3, 0.4) is 0 Å². The van der Waals surface area contributed by atoms with Crippen LogP contribution in [0, 0.1) is 36.5 Å². The number of benzene rings is 3. The third-order valence-corrected chi connectivity index (χ3v) is 8.65. The minimum atomic E-state index is -3.71. The van der Waals surface area contributed by atoms with Gasteiger partial charge in [0.25, 0.3) is 0 Å². The van der Waals surface area contributed by atoms with Crippen LogP contribution in [0.5, 0.6) is 0 Å². The summed E-state index contributed by atoms with van der Waals surface area (Å²) in [6.45, 7) is 8.45. The summed E-state index contributed by atoms with van der Waals surface area (Å²) < 4.78 is 29.1. The highest BCUT2D eigenvalue weighted by atomic mass is 32.2. The zero-order chi connectivity index (χ0) is 27.8. The zero-order valence-corrected chi connectivity index (χ0v) is 23.3. The Hall–Kier alpha value is -3.89. The van der Waals surface area contributed by atoms with Gasteiger partial charge in [-0.15, -0.1) is 0 Å². The van der Waals surface area contributed by atoms with Gasteiger partial charge in [-0.2, -0.15) is 10.5 Å². The van der Waals surface area contributed by atoms with Crippen LogP contribution in [0.4, 0.5) is 11.4 Å². The van der Waals surface area contributed by atoms with E-state index in [0.717, 1.165) is 49.4 Å². The molecule has 39 heavy (non-hydrogen) atoms. The number of hydrogen-bond donors (Lipinski definition) is 2. The number of anilines is 2. The van der Waals surface area contributed by atoms with E-state index in [-0.39, 0.29) is 6.54 Å². The zero-order valence-electron chi connectivity index (χ0n) is 22.4. The summed E-state index contributed by atoms with van der Waals surface area (Å²) in [7, 11) is -3.71. The lowest BCUT2D eigenvalue weighted by Gasteiger charge is -2.25. The molecule has 0 atom stereocenters. The van der Waals surface area contributed by atoms with E-state index >= 15 is 0 Å². The van der Waals surface area contributed by atoms with Gasteiger partial charge in [-0.05, 0) is 67.3 Å². The number of hydrogen-bond acceptors (Lipinski definition) is 7. The van der Waals surface area contributed by atoms with Crippen molar-refractivity contribution in [1.82, 2.24) is 9.62 Å². The van der Waals surface area contributed by atoms with Gasteiger partial charge in [0.15, 0.2) is 0 Å². The molecule has 0 amide bonds. The van der Waals surface area contributed by atoms with Crippen molar-refractivity contribution < 1.29 is 8.42 Å². The summed E-state index contributed by atoms with van der Waals surface area (Å²) in [5, 5.41) is 21.9. The average Bonchev–Trinajstić information content (AvgIpc) is 3.18. The fourth-order valence-electron chi connectivity index (χ4n) is 4.98. The second-order valence-corrected chi connectivity index (χ2v) is 11.5. The number of aryl methyl sites for hydroxylation is 2. The molecular formula is C30H34N6O2S. The van der Waals surface area contributed by atoms with E-state index in [1.165, 1.54) is 0 Å². The second kappa shape index (κ2) is 12.8. The summed E-state index contributed by atoms with van der Waals surface area (Å²) >= 11 is 0. The molecule has 0 aliphatic carbocycles. The third-order valence-electron chi connectivity index (χ3n) is 7.05. The van der Waals surface area contributed by atoms with E-state index in [4.69, 9.17) is 0 Å². The first-order valence-electron chi connectivity index (χ1n) is 13.1. The third kappa shape index (κ3) is 6.96. The second-order valence-electron chi connectivity index (χ2n) is 9.77. The fraction of sp³-hybridized carbons (Fsp3) is 0.333. The van der Waals surface area contributed by atoms with Gasteiger partial charge in [-0.3, -0.25) is 4.90 Å². The smallest absolute Gasteiger partial charge is 0.240 e. The Bertz CT molecular complexity index is 1510. The topological polar surface area (TPSA) is 112 Å². The lowest BCUT2D eigenvalue weighted by molar-refractivity contribution is 0.284. The first-order valence-corrected chi connectivity index (χ1v) is 14.6. The number of nitrogens with zero attached hydrogens (tertiary/aromatic N) is 4. The number of nitriles is 2. The van der Waals surface area contributed by atoms with Gasteiger partial charge in [-0.25, -0.2) is 13.1 Å². The van der Waals surface area contributed by atoms with E-state index in [2.05, 4.69) is 32.0 Å². The van der Waals surface area contributed by atoms with Crippen LogP contribution in [-0.4, -0.2) is 52.6 Å². The summed E-state index contributed by atoms with van der Waals surface area (Å²) in [5.74, 6) is 0. The van der Waals surface area contributed by atoms with Crippen LogP contribution >= 0.6 is 0 Å². The van der Waals surface area contributed by atoms with Gasteiger partial charge in [0.05, 0.1) is 27.4 Å². The lowest BCUT2D eigenvalue weighted by atomic mass is 10.1. The SMILES string of the molecule is Cc1cc(C)c(S(=O)(=O)NCCNc2ccccc2C#N)cc1CN1CCCN(c2ccccc2C#N)CC1. The van der Waals surface area contributed by atoms with Crippen molar-refractivity contribution in [3.63, 3.8) is 0 Å². The molecule has 0 unspecified atom stereocenters. The maximum absolute atomic E-state index is 13.2. The summed E-state index contributed by atoms with van der Waals surface area (Å²) in [5.41, 5.74) is 5.63. The Kier molecular flexibility index (Phi) is 9.21. The average molecular weight is 543 g/mol. The van der Waals surface area contributed by atoms with Crippen molar-refractivity contribution in [2.75, 3.05) is 49.5 Å². The maximum Gasteiger partial charge on any atom is 0.240 e. The number of rotatable bonds is 9. The molecule has 4 rings (SSSR count). The molecular weight excluding hydrogens is 508 g/mol. The van der Waals surface area contributed by atoms with Gasteiger partial charge in [-0.1, -0.05) is 30.3 Å². The molecule has 1 aliphatic rings. The quantitative estimate of drug-likeness (QED) is 0.391. The molecule has 202 valence electrons. The fourth-order valence-corrected chi connectivity index (χ4v) is 6.29. The van der Waals surface area contributed by atoms with Crippen molar-refractivity contribution in [3.05, 3.63) is 88.5 Å². The Balaban J connectivity index is 1.40. The number of para-hydroxylation sites is 2. The van der Waals surface area contributed by atoms with Crippen LogP contribution in [-0.2, 0) is 16.6 Å². The molecule has 3 aromatic rings. The molecule has 0 bridgehead atoms. The largest absolute Gasteiger partial charge is 0.383 e. The molecule has 3 aromatic carbocycles. The molecule has 9 heteroatoms. The molecule has 0 saturated carbocycles. The number of sulfonamides is 1. The molecule has 1 heterocycles. The van der Waals surface area contributed by atoms with Gasteiger partial charge in [0, 0.05) is 45.8 Å². The van der Waals surface area contributed by atoms with Crippen LogP contribution in [0.2, 0.25) is 0 Å². The van der Waals surface area contributed by atoms with E-state index in [0.29, 0.717) is 40.4 Å². The predicted octanol–water partition coefficient (Wildman–Crippen LogP) is 4.15. The highest BCUT2D eigenvalue weighted by Gasteiger charge is 2.21. The first kappa shape index (κ1) is 28.1. The normalized spacial score (nSPS) is 14.3. The first-order chi connectivity index (χ1) is 18.8. The monoisotopic (exact) mass is 542 g/mol. The standard InChI is InChI=1S/C30H34N6O2S/c1-23-18-24(2)30(39(37,38)34-13-12-33-28-10-5-3-8-25(28)20-31)19-27(23)22-35-14-7-15-36(17-16-35)29-11-6-4-9-26(29)21-32/h3-6,8-11,18-19,33-34H,7,12-17,22H2,1-2H3. The van der Waals surface area contributed by atoms with Crippen molar-refractivity contribution in [2.24, 2.45) is 0 Å². The molecule has 0 spiro atoms. The molecule has 1 saturated heterocycles. The Morgan fingerprint density at radius 2 is 1.56 bits per heavy atom. The van der Waals surface area contributed by atoms with Gasteiger partial charge < -0.3 is 10.2 Å². The Morgan fingerprint density at radius 1 is 0.846 bits per heavy atom. The van der Waals surface area contributed by atoms with Crippen molar-refractivity contribution in [1.29, 1.82) is 10.5 Å². The Labute approximate surface area is 231 Å². The minimum absolute atomic E-state index is 0.191. The van der Waals surface area contributed by atoms with E-state index in [1.807, 2.05) is 50.2 Å². The summed E-state index contributed by atoms with van der Waals surface area (Å²) in [6, 6.07) is 23.0. The van der Waals surface area contributed by atoms with Crippen LogP contribution in [0.25, 0.3) is 0 Å². The number of nitrogens with one attached hydrogen (secondary N) is 2. The van der Waals surface area contributed by atoms with Crippen LogP contribution in [0.1, 0.15) is 34.2 Å². The lowest BCUT2D eigenvalue weighted by Crippen LogP contribution is -2.31. The molecule has 1 aliphatic heterocycles.